The number of aromatic nitrogens is 5. The van der Waals surface area contributed by atoms with E-state index in [1.807, 2.05) is 19.2 Å². The first-order valence-corrected chi connectivity index (χ1v) is 9.43. The topological polar surface area (TPSA) is 51.8 Å². The van der Waals surface area contributed by atoms with Crippen molar-refractivity contribution in [1.82, 2.24) is 29.2 Å². The van der Waals surface area contributed by atoms with Crippen molar-refractivity contribution in [3.63, 3.8) is 0 Å². The Labute approximate surface area is 158 Å². The highest BCUT2D eigenvalue weighted by Gasteiger charge is 2.25. The maximum absolute atomic E-state index is 13.4. The highest BCUT2D eigenvalue weighted by molar-refractivity contribution is 5.16. The molecule has 1 fully saturated rings. The van der Waals surface area contributed by atoms with Crippen LogP contribution < -0.4 is 0 Å². The lowest BCUT2D eigenvalue weighted by Gasteiger charge is -2.31. The third kappa shape index (κ3) is 3.93. The fourth-order valence-corrected chi connectivity index (χ4v) is 3.83. The van der Waals surface area contributed by atoms with Crippen LogP contribution >= 0.6 is 0 Å². The second-order valence-corrected chi connectivity index (χ2v) is 7.32. The Balaban J connectivity index is 1.38. The largest absolute Gasteiger partial charge is 0.328 e. The van der Waals surface area contributed by atoms with Gasteiger partial charge < -0.3 is 9.13 Å². The number of nitrogens with zero attached hydrogens (tertiary/aromatic N) is 6. The standard InChI is InChI=1S/C20H25FN6/c1-15-22-8-11-27(15)14-19-23-24-20(25(19)2)17-6-9-26(10-7-17)13-16-4-3-5-18(21)12-16/h3-5,8,11-12,17H,6-7,9-10,13-14H2,1-2H3. The summed E-state index contributed by atoms with van der Waals surface area (Å²) in [5.74, 6) is 3.25. The minimum Gasteiger partial charge on any atom is -0.328 e. The number of halogens is 1. The number of imidazole rings is 1. The molecule has 0 radical (unpaired) electrons. The van der Waals surface area contributed by atoms with E-state index < -0.39 is 0 Å². The number of aryl methyl sites for hydroxylation is 1. The van der Waals surface area contributed by atoms with E-state index in [-0.39, 0.29) is 5.82 Å². The van der Waals surface area contributed by atoms with Crippen LogP contribution in [0.2, 0.25) is 0 Å². The van der Waals surface area contributed by atoms with Crippen LogP contribution in [0.25, 0.3) is 0 Å². The summed E-state index contributed by atoms with van der Waals surface area (Å²) in [7, 11) is 2.05. The second kappa shape index (κ2) is 7.60. The summed E-state index contributed by atoms with van der Waals surface area (Å²) in [4.78, 5) is 6.65. The number of likely N-dealkylation sites (tertiary alicyclic amines) is 1. The van der Waals surface area contributed by atoms with Crippen LogP contribution in [0, 0.1) is 12.7 Å². The van der Waals surface area contributed by atoms with Gasteiger partial charge in [-0.05, 0) is 50.6 Å². The lowest BCUT2D eigenvalue weighted by Crippen LogP contribution is -2.33. The highest BCUT2D eigenvalue weighted by atomic mass is 19.1. The van der Waals surface area contributed by atoms with Crippen molar-refractivity contribution in [3.05, 3.63) is 65.5 Å². The van der Waals surface area contributed by atoms with Crippen molar-refractivity contribution in [2.75, 3.05) is 13.1 Å². The molecule has 27 heavy (non-hydrogen) atoms. The van der Waals surface area contributed by atoms with Crippen LogP contribution in [0.4, 0.5) is 4.39 Å². The number of benzene rings is 1. The molecule has 1 saturated heterocycles. The zero-order valence-corrected chi connectivity index (χ0v) is 15.8. The van der Waals surface area contributed by atoms with Crippen molar-refractivity contribution in [2.24, 2.45) is 7.05 Å². The molecule has 0 amide bonds. The van der Waals surface area contributed by atoms with Gasteiger partial charge in [-0.2, -0.15) is 0 Å². The summed E-state index contributed by atoms with van der Waals surface area (Å²) in [6, 6.07) is 6.88. The van der Waals surface area contributed by atoms with E-state index in [1.165, 1.54) is 6.07 Å². The third-order valence-electron chi connectivity index (χ3n) is 5.48. The molecule has 0 unspecified atom stereocenters. The summed E-state index contributed by atoms with van der Waals surface area (Å²) in [5.41, 5.74) is 1.03. The van der Waals surface area contributed by atoms with Crippen LogP contribution in [0.1, 0.15) is 41.8 Å². The third-order valence-corrected chi connectivity index (χ3v) is 5.48. The molecular weight excluding hydrogens is 343 g/mol. The van der Waals surface area contributed by atoms with Gasteiger partial charge in [0.1, 0.15) is 17.5 Å². The summed E-state index contributed by atoms with van der Waals surface area (Å²) in [5, 5.41) is 8.89. The minimum atomic E-state index is -0.165. The lowest BCUT2D eigenvalue weighted by atomic mass is 9.95. The molecule has 0 bridgehead atoms. The van der Waals surface area contributed by atoms with Crippen LogP contribution in [-0.2, 0) is 20.1 Å². The summed E-state index contributed by atoms with van der Waals surface area (Å²) in [6.45, 7) is 5.46. The Kier molecular flexibility index (Phi) is 5.03. The number of hydrogen-bond acceptors (Lipinski definition) is 4. The molecule has 0 N–H and O–H groups in total. The van der Waals surface area contributed by atoms with Crippen molar-refractivity contribution in [1.29, 1.82) is 0 Å². The van der Waals surface area contributed by atoms with Gasteiger partial charge in [0.25, 0.3) is 0 Å². The van der Waals surface area contributed by atoms with E-state index in [4.69, 9.17) is 0 Å². The SMILES string of the molecule is Cc1nccn1Cc1nnc(C2CCN(Cc3cccc(F)c3)CC2)n1C. The van der Waals surface area contributed by atoms with Gasteiger partial charge in [-0.15, -0.1) is 10.2 Å². The number of rotatable bonds is 5. The van der Waals surface area contributed by atoms with Crippen molar-refractivity contribution in [2.45, 2.75) is 38.8 Å². The van der Waals surface area contributed by atoms with Gasteiger partial charge in [0.2, 0.25) is 0 Å². The Morgan fingerprint density at radius 1 is 1.15 bits per heavy atom. The van der Waals surface area contributed by atoms with Gasteiger partial charge in [0.05, 0.1) is 6.54 Å². The fraction of sp³-hybridized carbons (Fsp3) is 0.450. The minimum absolute atomic E-state index is 0.165. The molecule has 3 aromatic rings. The number of hydrogen-bond donors (Lipinski definition) is 0. The summed E-state index contributed by atoms with van der Waals surface area (Å²) < 4.78 is 17.6. The van der Waals surface area contributed by atoms with Crippen molar-refractivity contribution >= 4 is 0 Å². The van der Waals surface area contributed by atoms with Crippen LogP contribution in [-0.4, -0.2) is 42.3 Å². The van der Waals surface area contributed by atoms with E-state index in [1.54, 1.807) is 18.3 Å². The maximum Gasteiger partial charge on any atom is 0.152 e. The predicted octanol–water partition coefficient (Wildman–Crippen LogP) is 2.89. The molecule has 1 aliphatic heterocycles. The van der Waals surface area contributed by atoms with Crippen molar-refractivity contribution < 1.29 is 4.39 Å². The zero-order chi connectivity index (χ0) is 18.8. The van der Waals surface area contributed by atoms with Gasteiger partial charge in [-0.25, -0.2) is 9.37 Å². The quantitative estimate of drug-likeness (QED) is 0.695. The molecule has 142 valence electrons. The summed E-state index contributed by atoms with van der Waals surface area (Å²) >= 11 is 0. The number of piperidine rings is 1. The van der Waals surface area contributed by atoms with Gasteiger partial charge in [0.15, 0.2) is 5.82 Å². The molecule has 3 heterocycles. The molecule has 2 aromatic heterocycles. The molecule has 0 aliphatic carbocycles. The molecule has 6 nitrogen and oxygen atoms in total. The predicted molar refractivity (Wildman–Crippen MR) is 101 cm³/mol. The Bertz CT molecular complexity index is 907. The van der Waals surface area contributed by atoms with E-state index in [0.717, 1.165) is 55.5 Å². The first-order chi connectivity index (χ1) is 13.1. The molecule has 1 aliphatic rings. The average molecular weight is 368 g/mol. The molecule has 0 spiro atoms. The van der Waals surface area contributed by atoms with E-state index in [9.17, 15) is 4.39 Å². The van der Waals surface area contributed by atoms with E-state index in [0.29, 0.717) is 12.5 Å². The van der Waals surface area contributed by atoms with Crippen molar-refractivity contribution in [3.8, 4) is 0 Å². The van der Waals surface area contributed by atoms with E-state index >= 15 is 0 Å². The monoisotopic (exact) mass is 368 g/mol. The van der Waals surface area contributed by atoms with Gasteiger partial charge in [-0.3, -0.25) is 4.90 Å². The smallest absolute Gasteiger partial charge is 0.152 e. The van der Waals surface area contributed by atoms with Crippen LogP contribution in [0.5, 0.6) is 0 Å². The second-order valence-electron chi connectivity index (χ2n) is 7.32. The normalized spacial score (nSPS) is 16.1. The van der Waals surface area contributed by atoms with Crippen LogP contribution in [0.15, 0.2) is 36.7 Å². The summed E-state index contributed by atoms with van der Waals surface area (Å²) in [6.07, 6.45) is 5.87. The van der Waals surface area contributed by atoms with Crippen LogP contribution in [0.3, 0.4) is 0 Å². The molecule has 1 aromatic carbocycles. The molecule has 7 heteroatoms. The average Bonchev–Trinajstić information content (AvgIpc) is 3.22. The van der Waals surface area contributed by atoms with E-state index in [2.05, 4.69) is 36.3 Å². The first kappa shape index (κ1) is 17.9. The molecule has 0 saturated carbocycles. The Hall–Kier alpha value is -2.54. The Morgan fingerprint density at radius 2 is 1.96 bits per heavy atom. The highest BCUT2D eigenvalue weighted by Crippen LogP contribution is 2.27. The molecule has 4 rings (SSSR count). The molecular formula is C20H25FN6. The molecule has 0 atom stereocenters. The zero-order valence-electron chi connectivity index (χ0n) is 15.8. The van der Waals surface area contributed by atoms with Gasteiger partial charge >= 0.3 is 0 Å². The first-order valence-electron chi connectivity index (χ1n) is 9.43. The Morgan fingerprint density at radius 3 is 2.67 bits per heavy atom. The van der Waals surface area contributed by atoms with Gasteiger partial charge in [-0.1, -0.05) is 12.1 Å². The van der Waals surface area contributed by atoms with Gasteiger partial charge in [0, 0.05) is 31.9 Å². The maximum atomic E-state index is 13.4. The lowest BCUT2D eigenvalue weighted by molar-refractivity contribution is 0.200. The fourth-order valence-electron chi connectivity index (χ4n) is 3.83.